The van der Waals surface area contributed by atoms with E-state index < -0.39 is 0 Å². The molecule has 1 aromatic rings. The van der Waals surface area contributed by atoms with Crippen LogP contribution in [0.1, 0.15) is 25.3 Å². The summed E-state index contributed by atoms with van der Waals surface area (Å²) in [6, 6.07) is 7.30. The lowest BCUT2D eigenvalue weighted by Crippen LogP contribution is -2.19. The second-order valence-electron chi connectivity index (χ2n) is 3.80. The summed E-state index contributed by atoms with van der Waals surface area (Å²) in [5, 5.41) is 0.672. The zero-order valence-electron chi connectivity index (χ0n) is 9.16. The molecule has 1 atom stereocenters. The van der Waals surface area contributed by atoms with E-state index in [1.807, 2.05) is 26.0 Å². The normalized spacial score (nSPS) is 12.6. The lowest BCUT2D eigenvalue weighted by atomic mass is 9.88. The van der Waals surface area contributed by atoms with Crippen molar-refractivity contribution in [3.05, 3.63) is 34.9 Å². The third-order valence-corrected chi connectivity index (χ3v) is 2.60. The summed E-state index contributed by atoms with van der Waals surface area (Å²) in [5.41, 5.74) is 0.946. The van der Waals surface area contributed by atoms with Gasteiger partial charge in [0, 0.05) is 5.02 Å². The second-order valence-corrected chi connectivity index (χ2v) is 4.23. The van der Waals surface area contributed by atoms with Crippen LogP contribution in [0.3, 0.4) is 0 Å². The number of halogens is 1. The number of methoxy groups -OCH3 is 1. The van der Waals surface area contributed by atoms with E-state index in [1.54, 1.807) is 12.1 Å². The van der Waals surface area contributed by atoms with Gasteiger partial charge in [-0.2, -0.15) is 0 Å². The van der Waals surface area contributed by atoms with Crippen LogP contribution in [-0.2, 0) is 9.53 Å². The van der Waals surface area contributed by atoms with Gasteiger partial charge in [0.15, 0.2) is 0 Å². The molecule has 82 valence electrons. The van der Waals surface area contributed by atoms with E-state index in [0.29, 0.717) is 5.02 Å². The van der Waals surface area contributed by atoms with Crippen LogP contribution in [0.25, 0.3) is 0 Å². The van der Waals surface area contributed by atoms with Gasteiger partial charge in [-0.1, -0.05) is 37.6 Å². The third kappa shape index (κ3) is 2.96. The van der Waals surface area contributed by atoms with Crippen LogP contribution in [0, 0.1) is 5.92 Å². The fraction of sp³-hybridized carbons (Fsp3) is 0.417. The number of hydrogen-bond acceptors (Lipinski definition) is 2. The summed E-state index contributed by atoms with van der Waals surface area (Å²) in [7, 11) is 1.41. The predicted octanol–water partition coefficient (Wildman–Crippen LogP) is 3.25. The molecule has 0 N–H and O–H groups in total. The predicted molar refractivity (Wildman–Crippen MR) is 61.0 cm³/mol. The summed E-state index contributed by atoms with van der Waals surface area (Å²) in [6.07, 6.45) is 0. The number of hydrogen-bond donors (Lipinski definition) is 0. The number of carbonyl (C=O) groups excluding carboxylic acids is 1. The van der Waals surface area contributed by atoms with Crippen molar-refractivity contribution in [2.75, 3.05) is 7.11 Å². The molecule has 0 spiro atoms. The van der Waals surface area contributed by atoms with E-state index in [-0.39, 0.29) is 17.8 Å². The Balaban J connectivity index is 2.99. The molecule has 0 amide bonds. The highest BCUT2D eigenvalue weighted by Gasteiger charge is 2.24. The molecule has 0 bridgehead atoms. The van der Waals surface area contributed by atoms with Crippen molar-refractivity contribution in [3.8, 4) is 0 Å². The fourth-order valence-electron chi connectivity index (χ4n) is 1.59. The van der Waals surface area contributed by atoms with Gasteiger partial charge in [0.25, 0.3) is 0 Å². The van der Waals surface area contributed by atoms with E-state index in [0.717, 1.165) is 5.56 Å². The van der Waals surface area contributed by atoms with Crippen LogP contribution in [0.5, 0.6) is 0 Å². The number of ether oxygens (including phenoxy) is 1. The smallest absolute Gasteiger partial charge is 0.313 e. The minimum absolute atomic E-state index is 0.202. The molecule has 15 heavy (non-hydrogen) atoms. The first-order valence-electron chi connectivity index (χ1n) is 4.89. The Labute approximate surface area is 95.2 Å². The minimum Gasteiger partial charge on any atom is -0.469 e. The molecule has 3 heteroatoms. The highest BCUT2D eigenvalue weighted by Crippen LogP contribution is 2.26. The minimum atomic E-state index is -0.215. The first-order valence-corrected chi connectivity index (χ1v) is 5.27. The van der Waals surface area contributed by atoms with Gasteiger partial charge in [-0.15, -0.1) is 0 Å². The van der Waals surface area contributed by atoms with Crippen molar-refractivity contribution >= 4 is 17.6 Å². The maximum absolute atomic E-state index is 11.6. The highest BCUT2D eigenvalue weighted by molar-refractivity contribution is 6.30. The summed E-state index contributed by atoms with van der Waals surface area (Å²) in [6.45, 7) is 3.99. The number of esters is 1. The average Bonchev–Trinajstić information content (AvgIpc) is 2.20. The lowest BCUT2D eigenvalue weighted by molar-refractivity contribution is -0.143. The Hall–Kier alpha value is -1.02. The third-order valence-electron chi connectivity index (χ3n) is 2.35. The van der Waals surface area contributed by atoms with E-state index in [9.17, 15) is 4.79 Å². The Bertz CT molecular complexity index is 330. The molecule has 1 aromatic carbocycles. The molecular formula is C12H15ClO2. The van der Waals surface area contributed by atoms with Crippen molar-refractivity contribution in [1.29, 1.82) is 0 Å². The van der Waals surface area contributed by atoms with Gasteiger partial charge in [-0.3, -0.25) is 4.79 Å². The molecule has 1 unspecified atom stereocenters. The summed E-state index contributed by atoms with van der Waals surface area (Å²) in [5.74, 6) is -0.210. The van der Waals surface area contributed by atoms with Crippen molar-refractivity contribution in [1.82, 2.24) is 0 Å². The van der Waals surface area contributed by atoms with Crippen molar-refractivity contribution in [2.45, 2.75) is 19.8 Å². The van der Waals surface area contributed by atoms with Gasteiger partial charge in [-0.25, -0.2) is 0 Å². The number of carbonyl (C=O) groups is 1. The molecule has 0 radical (unpaired) electrons. The zero-order chi connectivity index (χ0) is 11.4. The molecule has 0 aliphatic heterocycles. The lowest BCUT2D eigenvalue weighted by Gasteiger charge is -2.18. The molecule has 2 nitrogen and oxygen atoms in total. The van der Waals surface area contributed by atoms with Crippen LogP contribution >= 0.6 is 11.6 Å². The van der Waals surface area contributed by atoms with Crippen LogP contribution in [0.2, 0.25) is 5.02 Å². The Kier molecular flexibility index (Phi) is 4.15. The van der Waals surface area contributed by atoms with Gasteiger partial charge < -0.3 is 4.74 Å². The SMILES string of the molecule is COC(=O)C(c1ccc(Cl)cc1)C(C)C. The molecular weight excluding hydrogens is 212 g/mol. The molecule has 0 heterocycles. The monoisotopic (exact) mass is 226 g/mol. The van der Waals surface area contributed by atoms with Crippen LogP contribution in [0.15, 0.2) is 24.3 Å². The van der Waals surface area contributed by atoms with Gasteiger partial charge >= 0.3 is 5.97 Å². The number of rotatable bonds is 3. The first kappa shape index (κ1) is 12.1. The zero-order valence-corrected chi connectivity index (χ0v) is 9.91. The summed E-state index contributed by atoms with van der Waals surface area (Å²) >= 11 is 5.79. The first-order chi connectivity index (χ1) is 7.06. The van der Waals surface area contributed by atoms with E-state index in [2.05, 4.69) is 0 Å². The standard InChI is InChI=1S/C12H15ClO2/c1-8(2)11(12(14)15-3)9-4-6-10(13)7-5-9/h4-8,11H,1-3H3. The van der Waals surface area contributed by atoms with Crippen molar-refractivity contribution in [3.63, 3.8) is 0 Å². The van der Waals surface area contributed by atoms with Gasteiger partial charge in [0.05, 0.1) is 13.0 Å². The maximum Gasteiger partial charge on any atom is 0.313 e. The van der Waals surface area contributed by atoms with Gasteiger partial charge in [0.2, 0.25) is 0 Å². The molecule has 0 aliphatic rings. The van der Waals surface area contributed by atoms with E-state index in [4.69, 9.17) is 16.3 Å². The Morgan fingerprint density at radius 3 is 2.20 bits per heavy atom. The quantitative estimate of drug-likeness (QED) is 0.740. The molecule has 0 fully saturated rings. The van der Waals surface area contributed by atoms with Gasteiger partial charge in [0.1, 0.15) is 0 Å². The molecule has 1 rings (SSSR count). The molecule has 0 saturated heterocycles. The summed E-state index contributed by atoms with van der Waals surface area (Å²) in [4.78, 5) is 11.6. The van der Waals surface area contributed by atoms with E-state index in [1.165, 1.54) is 7.11 Å². The highest BCUT2D eigenvalue weighted by atomic mass is 35.5. The Morgan fingerprint density at radius 1 is 1.27 bits per heavy atom. The molecule has 0 aliphatic carbocycles. The topological polar surface area (TPSA) is 26.3 Å². The van der Waals surface area contributed by atoms with Crippen LogP contribution in [-0.4, -0.2) is 13.1 Å². The van der Waals surface area contributed by atoms with Crippen LogP contribution < -0.4 is 0 Å². The average molecular weight is 227 g/mol. The Morgan fingerprint density at radius 2 is 1.80 bits per heavy atom. The molecule has 0 saturated carbocycles. The van der Waals surface area contributed by atoms with E-state index >= 15 is 0 Å². The van der Waals surface area contributed by atoms with Crippen LogP contribution in [0.4, 0.5) is 0 Å². The summed E-state index contributed by atoms with van der Waals surface area (Å²) < 4.78 is 4.79. The maximum atomic E-state index is 11.6. The molecule has 0 aromatic heterocycles. The fourth-order valence-corrected chi connectivity index (χ4v) is 1.72. The largest absolute Gasteiger partial charge is 0.469 e. The number of benzene rings is 1. The second kappa shape index (κ2) is 5.17. The van der Waals surface area contributed by atoms with Gasteiger partial charge in [-0.05, 0) is 23.6 Å². The van der Waals surface area contributed by atoms with Crippen molar-refractivity contribution in [2.24, 2.45) is 5.92 Å². The van der Waals surface area contributed by atoms with Crippen molar-refractivity contribution < 1.29 is 9.53 Å².